The molecule has 140 valence electrons. The fourth-order valence-corrected chi connectivity index (χ4v) is 3.14. The van der Waals surface area contributed by atoms with Crippen molar-refractivity contribution in [3.63, 3.8) is 0 Å². The minimum absolute atomic E-state index is 0. The van der Waals surface area contributed by atoms with Gasteiger partial charge in [0.2, 0.25) is 5.91 Å². The van der Waals surface area contributed by atoms with Gasteiger partial charge in [-0.2, -0.15) is 11.8 Å². The highest BCUT2D eigenvalue weighted by atomic mass is 35.5. The second-order valence-electron chi connectivity index (χ2n) is 5.90. The lowest BCUT2D eigenvalue weighted by Crippen LogP contribution is -2.45. The number of thioether (sulfide) groups is 1. The summed E-state index contributed by atoms with van der Waals surface area (Å²) in [5.41, 5.74) is 5.82. The van der Waals surface area contributed by atoms with E-state index in [9.17, 15) is 4.79 Å². The molecule has 0 radical (unpaired) electrons. The molecule has 0 aliphatic carbocycles. The minimum Gasteiger partial charge on any atom is -0.373 e. The SMILES string of the molecule is CSCC[C@H](N)C(=O)NCCCCN1CC(C)OC(C)C1.Cl.Cl. The number of carbonyl (C=O) groups is 1. The van der Waals surface area contributed by atoms with Crippen molar-refractivity contribution in [1.29, 1.82) is 0 Å². The number of nitrogens with two attached hydrogens (primary N) is 1. The summed E-state index contributed by atoms with van der Waals surface area (Å²) in [6.45, 7) is 8.07. The monoisotopic (exact) mass is 389 g/mol. The lowest BCUT2D eigenvalue weighted by atomic mass is 10.2. The highest BCUT2D eigenvalue weighted by molar-refractivity contribution is 7.98. The molecule has 23 heavy (non-hydrogen) atoms. The fourth-order valence-electron chi connectivity index (χ4n) is 2.65. The summed E-state index contributed by atoms with van der Waals surface area (Å²) in [5, 5.41) is 2.93. The van der Waals surface area contributed by atoms with Crippen LogP contribution in [0.2, 0.25) is 0 Å². The lowest BCUT2D eigenvalue weighted by Gasteiger charge is -2.35. The van der Waals surface area contributed by atoms with Crippen molar-refractivity contribution < 1.29 is 9.53 Å². The Morgan fingerprint density at radius 3 is 2.48 bits per heavy atom. The molecule has 0 saturated carbocycles. The van der Waals surface area contributed by atoms with Gasteiger partial charge in [-0.15, -0.1) is 24.8 Å². The van der Waals surface area contributed by atoms with Crippen LogP contribution >= 0.6 is 36.6 Å². The third kappa shape index (κ3) is 11.5. The van der Waals surface area contributed by atoms with Crippen molar-refractivity contribution >= 4 is 42.5 Å². The van der Waals surface area contributed by atoms with Crippen LogP contribution in [0.4, 0.5) is 0 Å². The van der Waals surface area contributed by atoms with Gasteiger partial charge in [0.05, 0.1) is 18.2 Å². The Balaban J connectivity index is 0. The molecule has 1 heterocycles. The molecule has 0 aromatic carbocycles. The van der Waals surface area contributed by atoms with E-state index in [1.54, 1.807) is 11.8 Å². The first-order valence-corrected chi connectivity index (χ1v) is 9.32. The van der Waals surface area contributed by atoms with E-state index in [1.165, 1.54) is 0 Å². The molecule has 3 N–H and O–H groups in total. The Hall–Kier alpha value is 0.280. The summed E-state index contributed by atoms with van der Waals surface area (Å²) in [6.07, 6.45) is 5.51. The van der Waals surface area contributed by atoms with Crippen LogP contribution in [-0.4, -0.2) is 67.2 Å². The zero-order valence-electron chi connectivity index (χ0n) is 14.5. The molecule has 0 bridgehead atoms. The van der Waals surface area contributed by atoms with E-state index in [0.717, 1.165) is 51.2 Å². The van der Waals surface area contributed by atoms with Gasteiger partial charge in [0, 0.05) is 19.6 Å². The van der Waals surface area contributed by atoms with Crippen LogP contribution in [0, 0.1) is 0 Å². The molecule has 0 aromatic heterocycles. The second kappa shape index (κ2) is 14.6. The van der Waals surface area contributed by atoms with Gasteiger partial charge in [-0.1, -0.05) is 0 Å². The number of rotatable bonds is 9. The van der Waals surface area contributed by atoms with Crippen LogP contribution in [-0.2, 0) is 9.53 Å². The van der Waals surface area contributed by atoms with E-state index >= 15 is 0 Å². The van der Waals surface area contributed by atoms with Gasteiger partial charge in [0.1, 0.15) is 0 Å². The van der Waals surface area contributed by atoms with Gasteiger partial charge in [-0.05, 0) is 51.7 Å². The average Bonchev–Trinajstić information content (AvgIpc) is 2.43. The van der Waals surface area contributed by atoms with Gasteiger partial charge in [-0.25, -0.2) is 0 Å². The van der Waals surface area contributed by atoms with Gasteiger partial charge < -0.3 is 15.8 Å². The summed E-state index contributed by atoms with van der Waals surface area (Å²) in [6, 6.07) is -0.363. The highest BCUT2D eigenvalue weighted by Gasteiger charge is 2.21. The molecule has 0 spiro atoms. The van der Waals surface area contributed by atoms with Gasteiger partial charge in [-0.3, -0.25) is 9.69 Å². The first kappa shape index (κ1) is 25.5. The molecule has 1 fully saturated rings. The minimum atomic E-state index is -0.363. The second-order valence-corrected chi connectivity index (χ2v) is 6.89. The quantitative estimate of drug-likeness (QED) is 0.589. The van der Waals surface area contributed by atoms with Crippen molar-refractivity contribution in [2.24, 2.45) is 5.73 Å². The normalized spacial score (nSPS) is 22.6. The maximum atomic E-state index is 11.7. The topological polar surface area (TPSA) is 67.6 Å². The number of nitrogens with zero attached hydrogens (tertiary/aromatic N) is 1. The number of halogens is 2. The molecule has 3 atom stereocenters. The molecule has 1 aliphatic heterocycles. The standard InChI is InChI=1S/C15H31N3O2S.2ClH/c1-12-10-18(11-13(2)20-12)8-5-4-7-17-15(19)14(16)6-9-21-3;;/h12-14H,4-11,16H2,1-3H3,(H,17,19);2*1H/t12?,13?,14-;;/m0../s1. The summed E-state index contributed by atoms with van der Waals surface area (Å²) < 4.78 is 5.72. The molecular formula is C15H33Cl2N3O2S. The molecule has 0 aromatic rings. The van der Waals surface area contributed by atoms with E-state index in [4.69, 9.17) is 10.5 Å². The molecule has 1 saturated heterocycles. The average molecular weight is 390 g/mol. The van der Waals surface area contributed by atoms with Crippen LogP contribution in [0.15, 0.2) is 0 Å². The Morgan fingerprint density at radius 1 is 1.30 bits per heavy atom. The largest absolute Gasteiger partial charge is 0.373 e. The number of hydrogen-bond acceptors (Lipinski definition) is 5. The summed E-state index contributed by atoms with van der Waals surface area (Å²) >= 11 is 1.72. The predicted octanol–water partition coefficient (Wildman–Crippen LogP) is 1.92. The van der Waals surface area contributed by atoms with Crippen molar-refractivity contribution in [2.75, 3.05) is 38.2 Å². The predicted molar refractivity (Wildman–Crippen MR) is 104 cm³/mol. The Kier molecular flexibility index (Phi) is 16.2. The van der Waals surface area contributed by atoms with E-state index < -0.39 is 0 Å². The maximum Gasteiger partial charge on any atom is 0.236 e. The Labute approximate surface area is 157 Å². The third-order valence-electron chi connectivity index (χ3n) is 3.67. The van der Waals surface area contributed by atoms with Crippen LogP contribution in [0.3, 0.4) is 0 Å². The van der Waals surface area contributed by atoms with Gasteiger partial charge >= 0.3 is 0 Å². The van der Waals surface area contributed by atoms with Crippen LogP contribution < -0.4 is 11.1 Å². The van der Waals surface area contributed by atoms with E-state index in [1.807, 2.05) is 6.26 Å². The zero-order chi connectivity index (χ0) is 15.7. The number of carbonyl (C=O) groups excluding carboxylic acids is 1. The lowest BCUT2D eigenvalue weighted by molar-refractivity contribution is -0.122. The zero-order valence-corrected chi connectivity index (χ0v) is 16.9. The molecular weight excluding hydrogens is 357 g/mol. The smallest absolute Gasteiger partial charge is 0.236 e. The third-order valence-corrected chi connectivity index (χ3v) is 4.31. The summed E-state index contributed by atoms with van der Waals surface area (Å²) in [7, 11) is 0. The summed E-state index contributed by atoms with van der Waals surface area (Å²) in [5.74, 6) is 0.916. The van der Waals surface area contributed by atoms with Crippen molar-refractivity contribution in [2.45, 2.75) is 51.4 Å². The van der Waals surface area contributed by atoms with Crippen molar-refractivity contribution in [1.82, 2.24) is 10.2 Å². The van der Waals surface area contributed by atoms with Crippen LogP contribution in [0.1, 0.15) is 33.1 Å². The number of nitrogens with one attached hydrogen (secondary N) is 1. The Bertz CT molecular complexity index is 304. The van der Waals surface area contributed by atoms with Gasteiger partial charge in [0.15, 0.2) is 0 Å². The summed E-state index contributed by atoms with van der Waals surface area (Å²) in [4.78, 5) is 14.2. The van der Waals surface area contributed by atoms with Gasteiger partial charge in [0.25, 0.3) is 0 Å². The number of ether oxygens (including phenoxy) is 1. The van der Waals surface area contributed by atoms with Crippen LogP contribution in [0.25, 0.3) is 0 Å². The Morgan fingerprint density at radius 2 is 1.91 bits per heavy atom. The molecule has 5 nitrogen and oxygen atoms in total. The maximum absolute atomic E-state index is 11.7. The fraction of sp³-hybridized carbons (Fsp3) is 0.933. The van der Waals surface area contributed by atoms with Crippen LogP contribution in [0.5, 0.6) is 0 Å². The molecule has 1 amide bonds. The molecule has 1 aliphatic rings. The highest BCUT2D eigenvalue weighted by Crippen LogP contribution is 2.11. The molecule has 8 heteroatoms. The molecule has 2 unspecified atom stereocenters. The number of morpholine rings is 1. The van der Waals surface area contributed by atoms with E-state index in [0.29, 0.717) is 12.2 Å². The number of hydrogen-bond donors (Lipinski definition) is 2. The van der Waals surface area contributed by atoms with E-state index in [2.05, 4.69) is 24.1 Å². The molecule has 1 rings (SSSR count). The number of amides is 1. The number of unbranched alkanes of at least 4 members (excludes halogenated alkanes) is 1. The first-order valence-electron chi connectivity index (χ1n) is 7.93. The van der Waals surface area contributed by atoms with Crippen molar-refractivity contribution in [3.05, 3.63) is 0 Å². The van der Waals surface area contributed by atoms with E-state index in [-0.39, 0.29) is 36.8 Å². The first-order chi connectivity index (χ1) is 10.0. The van der Waals surface area contributed by atoms with Crippen molar-refractivity contribution in [3.8, 4) is 0 Å².